The summed E-state index contributed by atoms with van der Waals surface area (Å²) in [5.74, 6) is 0.471. The molecule has 2 rings (SSSR count). The summed E-state index contributed by atoms with van der Waals surface area (Å²) in [6.45, 7) is 0. The molecule has 0 aliphatic carbocycles. The van der Waals surface area contributed by atoms with Crippen LogP contribution >= 0.6 is 31.9 Å². The summed E-state index contributed by atoms with van der Waals surface area (Å²) in [7, 11) is -1.05. The first-order valence-corrected chi connectivity index (χ1v) is 8.14. The maximum Gasteiger partial charge on any atom is 0.0574 e. The topological polar surface area (TPSA) is 43.1 Å². The van der Waals surface area contributed by atoms with E-state index in [0.29, 0.717) is 11.4 Å². The van der Waals surface area contributed by atoms with Gasteiger partial charge in [-0.05, 0) is 57.9 Å². The van der Waals surface area contributed by atoms with Crippen LogP contribution < -0.4 is 5.73 Å². The van der Waals surface area contributed by atoms with Crippen LogP contribution in [-0.4, -0.2) is 4.21 Å². The van der Waals surface area contributed by atoms with Gasteiger partial charge in [-0.25, -0.2) is 0 Å². The van der Waals surface area contributed by atoms with Crippen molar-refractivity contribution < 1.29 is 4.21 Å². The van der Waals surface area contributed by atoms with Gasteiger partial charge in [0.25, 0.3) is 0 Å². The number of benzene rings is 2. The summed E-state index contributed by atoms with van der Waals surface area (Å²) >= 11 is 6.70. The number of hydrogen-bond donors (Lipinski definition) is 1. The van der Waals surface area contributed by atoms with Crippen molar-refractivity contribution >= 4 is 48.3 Å². The molecule has 0 aliphatic rings. The first-order chi connectivity index (χ1) is 8.56. The second-order valence-electron chi connectivity index (χ2n) is 3.80. The van der Waals surface area contributed by atoms with Gasteiger partial charge in [-0.1, -0.05) is 22.0 Å². The van der Waals surface area contributed by atoms with Gasteiger partial charge in [0.2, 0.25) is 0 Å². The fourth-order valence-corrected chi connectivity index (χ4v) is 3.10. The molecule has 0 radical (unpaired) electrons. The Hall–Kier alpha value is -0.650. The van der Waals surface area contributed by atoms with Gasteiger partial charge in [0.1, 0.15) is 0 Å². The molecule has 1 unspecified atom stereocenters. The van der Waals surface area contributed by atoms with Gasteiger partial charge in [0.15, 0.2) is 0 Å². The van der Waals surface area contributed by atoms with E-state index in [9.17, 15) is 4.21 Å². The van der Waals surface area contributed by atoms with E-state index in [4.69, 9.17) is 5.73 Å². The highest BCUT2D eigenvalue weighted by molar-refractivity contribution is 9.10. The minimum absolute atomic E-state index is 0.471. The first-order valence-electron chi connectivity index (χ1n) is 5.24. The fraction of sp³-hybridized carbons (Fsp3) is 0.0769. The SMILES string of the molecule is Nc1cc(CS(=O)c2ccc(Br)cc2)ccc1Br. The van der Waals surface area contributed by atoms with Crippen molar-refractivity contribution in [3.8, 4) is 0 Å². The minimum Gasteiger partial charge on any atom is -0.398 e. The van der Waals surface area contributed by atoms with Crippen molar-refractivity contribution in [1.29, 1.82) is 0 Å². The summed E-state index contributed by atoms with van der Waals surface area (Å²) in [6, 6.07) is 13.2. The molecule has 0 amide bonds. The zero-order valence-electron chi connectivity index (χ0n) is 9.40. The summed E-state index contributed by atoms with van der Waals surface area (Å²) in [5, 5.41) is 0. The number of halogens is 2. The van der Waals surface area contributed by atoms with Crippen LogP contribution in [0.2, 0.25) is 0 Å². The Balaban J connectivity index is 2.16. The minimum atomic E-state index is -1.05. The third kappa shape index (κ3) is 3.43. The average molecular weight is 389 g/mol. The van der Waals surface area contributed by atoms with E-state index < -0.39 is 10.8 Å². The highest BCUT2D eigenvalue weighted by Gasteiger charge is 2.06. The lowest BCUT2D eigenvalue weighted by Crippen LogP contribution is -1.97. The lowest BCUT2D eigenvalue weighted by molar-refractivity contribution is 0.682. The first kappa shape index (κ1) is 13.8. The molecular formula is C13H11Br2NOS. The molecule has 0 heterocycles. The average Bonchev–Trinajstić information content (AvgIpc) is 2.34. The van der Waals surface area contributed by atoms with Crippen LogP contribution in [0.25, 0.3) is 0 Å². The van der Waals surface area contributed by atoms with Gasteiger partial charge in [-0.15, -0.1) is 0 Å². The molecule has 2 aromatic rings. The second kappa shape index (κ2) is 5.99. The van der Waals surface area contributed by atoms with Crippen LogP contribution in [0.4, 0.5) is 5.69 Å². The molecule has 2 nitrogen and oxygen atoms in total. The smallest absolute Gasteiger partial charge is 0.0574 e. The van der Waals surface area contributed by atoms with Gasteiger partial charge < -0.3 is 5.73 Å². The van der Waals surface area contributed by atoms with Crippen molar-refractivity contribution in [2.24, 2.45) is 0 Å². The molecule has 0 bridgehead atoms. The summed E-state index contributed by atoms with van der Waals surface area (Å²) < 4.78 is 14.0. The molecule has 0 aliphatic heterocycles. The zero-order chi connectivity index (χ0) is 13.1. The van der Waals surface area contributed by atoms with E-state index in [1.165, 1.54) is 0 Å². The fourth-order valence-electron chi connectivity index (χ4n) is 1.50. The summed E-state index contributed by atoms with van der Waals surface area (Å²) in [6.07, 6.45) is 0. The molecule has 18 heavy (non-hydrogen) atoms. The molecule has 0 saturated heterocycles. The maximum atomic E-state index is 12.2. The van der Waals surface area contributed by atoms with Crippen LogP contribution in [0.15, 0.2) is 56.3 Å². The van der Waals surface area contributed by atoms with Crippen molar-refractivity contribution in [1.82, 2.24) is 0 Å². The Labute approximate surface area is 125 Å². The van der Waals surface area contributed by atoms with Crippen molar-refractivity contribution in [2.75, 3.05) is 5.73 Å². The monoisotopic (exact) mass is 387 g/mol. The largest absolute Gasteiger partial charge is 0.398 e. The van der Waals surface area contributed by atoms with E-state index >= 15 is 0 Å². The van der Waals surface area contributed by atoms with Crippen LogP contribution in [0.1, 0.15) is 5.56 Å². The van der Waals surface area contributed by atoms with Gasteiger partial charge in [-0.2, -0.15) is 0 Å². The summed E-state index contributed by atoms with van der Waals surface area (Å²) in [4.78, 5) is 0.819. The molecule has 2 aromatic carbocycles. The number of nitrogens with two attached hydrogens (primary N) is 1. The Bertz CT molecular complexity index is 584. The van der Waals surface area contributed by atoms with E-state index in [1.54, 1.807) is 0 Å². The molecule has 2 N–H and O–H groups in total. The van der Waals surface area contributed by atoms with Gasteiger partial charge in [0, 0.05) is 19.5 Å². The highest BCUT2D eigenvalue weighted by atomic mass is 79.9. The standard InChI is InChI=1S/C13H11Br2NOS/c14-10-2-4-11(5-3-10)18(17)8-9-1-6-12(15)13(16)7-9/h1-7H,8,16H2. The van der Waals surface area contributed by atoms with Gasteiger partial charge in [-0.3, -0.25) is 4.21 Å². The molecule has 0 fully saturated rings. The Kier molecular flexibility index (Phi) is 4.59. The maximum absolute atomic E-state index is 12.2. The molecule has 94 valence electrons. The van der Waals surface area contributed by atoms with Crippen molar-refractivity contribution in [3.63, 3.8) is 0 Å². The van der Waals surface area contributed by atoms with Gasteiger partial charge in [0.05, 0.1) is 16.6 Å². The van der Waals surface area contributed by atoms with E-state index in [2.05, 4.69) is 31.9 Å². The number of hydrogen-bond acceptors (Lipinski definition) is 2. The zero-order valence-corrected chi connectivity index (χ0v) is 13.4. The van der Waals surface area contributed by atoms with Crippen LogP contribution in [-0.2, 0) is 16.6 Å². The number of nitrogen functional groups attached to an aromatic ring is 1. The number of anilines is 1. The quantitative estimate of drug-likeness (QED) is 0.804. The third-order valence-electron chi connectivity index (χ3n) is 2.43. The lowest BCUT2D eigenvalue weighted by atomic mass is 10.2. The van der Waals surface area contributed by atoms with Crippen LogP contribution in [0.5, 0.6) is 0 Å². The van der Waals surface area contributed by atoms with E-state index in [-0.39, 0.29) is 0 Å². The van der Waals surface area contributed by atoms with Crippen LogP contribution in [0, 0.1) is 0 Å². The second-order valence-corrected chi connectivity index (χ2v) is 7.02. The van der Waals surface area contributed by atoms with Crippen molar-refractivity contribution in [3.05, 3.63) is 57.0 Å². The Morgan fingerprint density at radius 2 is 1.72 bits per heavy atom. The van der Waals surface area contributed by atoms with Crippen molar-refractivity contribution in [2.45, 2.75) is 10.6 Å². The summed E-state index contributed by atoms with van der Waals surface area (Å²) in [5.41, 5.74) is 7.44. The normalized spacial score (nSPS) is 12.3. The lowest BCUT2D eigenvalue weighted by Gasteiger charge is -2.05. The molecule has 5 heteroatoms. The number of rotatable bonds is 3. The van der Waals surface area contributed by atoms with Gasteiger partial charge >= 0.3 is 0 Å². The highest BCUT2D eigenvalue weighted by Crippen LogP contribution is 2.22. The molecule has 0 saturated carbocycles. The predicted octanol–water partition coefficient (Wildman–Crippen LogP) is 4.10. The molecule has 1 atom stereocenters. The molecule has 0 aromatic heterocycles. The third-order valence-corrected chi connectivity index (χ3v) is 5.08. The predicted molar refractivity (Wildman–Crippen MR) is 82.8 cm³/mol. The molecular weight excluding hydrogens is 378 g/mol. The Morgan fingerprint density at radius 3 is 2.33 bits per heavy atom. The van der Waals surface area contributed by atoms with E-state index in [0.717, 1.165) is 19.4 Å². The van der Waals surface area contributed by atoms with Crippen LogP contribution in [0.3, 0.4) is 0 Å². The Morgan fingerprint density at radius 1 is 1.06 bits per heavy atom. The van der Waals surface area contributed by atoms with E-state index in [1.807, 2.05) is 42.5 Å². The molecule has 0 spiro atoms.